The molecule has 2 nitrogen and oxygen atoms in total. The van der Waals surface area contributed by atoms with Gasteiger partial charge in [0.25, 0.3) is 0 Å². The molecule has 0 spiro atoms. The van der Waals surface area contributed by atoms with Crippen LogP contribution in [0.2, 0.25) is 0 Å². The fourth-order valence-electron chi connectivity index (χ4n) is 0.245. The molecular weight excluding hydrogens is 207 g/mol. The summed E-state index contributed by atoms with van der Waals surface area (Å²) < 4.78 is 0.697. The van der Waals surface area contributed by atoms with Gasteiger partial charge < -0.3 is 6.07 Å². The van der Waals surface area contributed by atoms with E-state index in [2.05, 4.69) is 32.0 Å². The molecule has 0 unspecified atom stereocenters. The third kappa shape index (κ3) is 2.45. The first-order valence-electron chi connectivity index (χ1n) is 1.73. The van der Waals surface area contributed by atoms with Gasteiger partial charge in [0.1, 0.15) is 6.33 Å². The number of rotatable bonds is 0. The van der Waals surface area contributed by atoms with Gasteiger partial charge >= 0.3 is 18.6 Å². The predicted octanol–water partition coefficient (Wildman–Crippen LogP) is 1.04. The van der Waals surface area contributed by atoms with Crippen molar-refractivity contribution in [1.29, 1.82) is 0 Å². The fraction of sp³-hybridized carbons (Fsp3) is 0. The van der Waals surface area contributed by atoms with Gasteiger partial charge in [-0.15, -0.1) is 6.20 Å². The molecule has 4 heteroatoms. The van der Waals surface area contributed by atoms with Crippen LogP contribution in [0.25, 0.3) is 0 Å². The minimum Gasteiger partial charge on any atom is -0.418 e. The van der Waals surface area contributed by atoms with E-state index in [4.69, 9.17) is 0 Å². The molecule has 0 fully saturated rings. The summed E-state index contributed by atoms with van der Waals surface area (Å²) >= 11 is 3.10. The van der Waals surface area contributed by atoms with Crippen LogP contribution in [0, 0.1) is 6.07 Å². The third-order valence-electron chi connectivity index (χ3n) is 0.496. The Morgan fingerprint density at radius 2 is 2.38 bits per heavy atom. The molecule has 0 N–H and O–H groups in total. The fourth-order valence-corrected chi connectivity index (χ4v) is 0.439. The predicted molar refractivity (Wildman–Crippen MR) is 28.6 cm³/mol. The van der Waals surface area contributed by atoms with Gasteiger partial charge in [-0.1, -0.05) is 20.5 Å². The van der Waals surface area contributed by atoms with Crippen LogP contribution in [-0.2, 0) is 18.6 Å². The first-order chi connectivity index (χ1) is 3.39. The third-order valence-corrected chi connectivity index (χ3v) is 0.930. The number of nitrogens with zero attached hydrogens (tertiary/aromatic N) is 2. The zero-order valence-electron chi connectivity index (χ0n) is 3.87. The number of halogens is 1. The minimum absolute atomic E-state index is 0. The van der Waals surface area contributed by atoms with Gasteiger partial charge in [0, 0.05) is 0 Å². The molecule has 0 bridgehead atoms. The maximum absolute atomic E-state index is 3.73. The van der Waals surface area contributed by atoms with Crippen LogP contribution in [0.4, 0.5) is 0 Å². The van der Waals surface area contributed by atoms with E-state index in [0.29, 0.717) is 4.60 Å². The average molecular weight is 209 g/mol. The molecule has 0 aliphatic heterocycles. The summed E-state index contributed by atoms with van der Waals surface area (Å²) in [5.74, 6) is 0. The van der Waals surface area contributed by atoms with E-state index in [1.54, 1.807) is 6.20 Å². The quantitative estimate of drug-likeness (QED) is 0.471. The molecule has 1 heterocycles. The van der Waals surface area contributed by atoms with Gasteiger partial charge in [0.05, 0.1) is 0 Å². The smallest absolute Gasteiger partial charge is 0.418 e. The van der Waals surface area contributed by atoms with Gasteiger partial charge in [-0.25, -0.2) is 0 Å². The van der Waals surface area contributed by atoms with Gasteiger partial charge in [-0.05, 0) is 0 Å². The number of hydrogen-bond acceptors (Lipinski definition) is 2. The summed E-state index contributed by atoms with van der Waals surface area (Å²) in [4.78, 5) is 7.38. The molecule has 1 rings (SSSR count). The van der Waals surface area contributed by atoms with Crippen molar-refractivity contribution in [2.24, 2.45) is 0 Å². The minimum atomic E-state index is 0. The Morgan fingerprint density at radius 1 is 1.62 bits per heavy atom. The summed E-state index contributed by atoms with van der Waals surface area (Å²) in [6.07, 6.45) is 3.01. The topological polar surface area (TPSA) is 25.8 Å². The molecular formula is C4H2BrN2V+. The standard InChI is InChI=1S/C4H2BrN2.V/c5-4-1-2-6-3-7-4;/h2-3H;/q-1;+2. The molecule has 8 heavy (non-hydrogen) atoms. The Bertz CT molecular complexity index is 144. The van der Waals surface area contributed by atoms with Crippen molar-refractivity contribution in [1.82, 2.24) is 9.97 Å². The molecule has 0 atom stereocenters. The van der Waals surface area contributed by atoms with E-state index < -0.39 is 0 Å². The Balaban J connectivity index is 0.000000490. The van der Waals surface area contributed by atoms with Crippen LogP contribution in [-0.4, -0.2) is 9.97 Å². The van der Waals surface area contributed by atoms with Crippen molar-refractivity contribution in [3.8, 4) is 0 Å². The summed E-state index contributed by atoms with van der Waals surface area (Å²) in [6.45, 7) is 0. The van der Waals surface area contributed by atoms with Crippen LogP contribution in [0.15, 0.2) is 17.1 Å². The molecule has 0 aliphatic rings. The van der Waals surface area contributed by atoms with Crippen molar-refractivity contribution in [3.05, 3.63) is 23.2 Å². The summed E-state index contributed by atoms with van der Waals surface area (Å²) in [5, 5.41) is 0. The van der Waals surface area contributed by atoms with E-state index in [1.165, 1.54) is 6.33 Å². The summed E-state index contributed by atoms with van der Waals surface area (Å²) in [7, 11) is 0. The molecule has 1 aromatic heterocycles. The van der Waals surface area contributed by atoms with Crippen LogP contribution in [0.1, 0.15) is 0 Å². The Kier molecular flexibility index (Phi) is 4.14. The zero-order valence-corrected chi connectivity index (χ0v) is 6.86. The average Bonchev–Trinajstić information content (AvgIpc) is 1.69. The molecule has 0 saturated carbocycles. The van der Waals surface area contributed by atoms with Crippen molar-refractivity contribution in [3.63, 3.8) is 0 Å². The Morgan fingerprint density at radius 3 is 2.62 bits per heavy atom. The largest absolute Gasteiger partial charge is 2.00 e. The van der Waals surface area contributed by atoms with Gasteiger partial charge in [-0.3, -0.25) is 9.97 Å². The molecule has 0 saturated heterocycles. The molecule has 0 aliphatic carbocycles. The van der Waals surface area contributed by atoms with Gasteiger partial charge in [-0.2, -0.15) is 0 Å². The van der Waals surface area contributed by atoms with E-state index >= 15 is 0 Å². The van der Waals surface area contributed by atoms with Crippen LogP contribution < -0.4 is 0 Å². The van der Waals surface area contributed by atoms with Crippen molar-refractivity contribution in [2.45, 2.75) is 0 Å². The van der Waals surface area contributed by atoms with E-state index in [1.807, 2.05) is 0 Å². The van der Waals surface area contributed by atoms with Crippen LogP contribution >= 0.6 is 15.9 Å². The first kappa shape index (κ1) is 8.14. The van der Waals surface area contributed by atoms with Crippen LogP contribution in [0.5, 0.6) is 0 Å². The molecule has 1 radical (unpaired) electrons. The van der Waals surface area contributed by atoms with Crippen molar-refractivity contribution >= 4 is 15.9 Å². The zero-order chi connectivity index (χ0) is 5.11. The first-order valence-corrected chi connectivity index (χ1v) is 2.52. The number of hydrogen-bond donors (Lipinski definition) is 0. The summed E-state index contributed by atoms with van der Waals surface area (Å²) in [6, 6.07) is 2.73. The van der Waals surface area contributed by atoms with E-state index in [-0.39, 0.29) is 18.6 Å². The SMILES string of the molecule is Brc1[c-]cncn1.[V+2]. The number of aromatic nitrogens is 2. The van der Waals surface area contributed by atoms with E-state index in [0.717, 1.165) is 0 Å². The monoisotopic (exact) mass is 208 g/mol. The van der Waals surface area contributed by atoms with Gasteiger partial charge in [0.15, 0.2) is 0 Å². The molecule has 1 aromatic rings. The van der Waals surface area contributed by atoms with Crippen molar-refractivity contribution < 1.29 is 18.6 Å². The van der Waals surface area contributed by atoms with Crippen molar-refractivity contribution in [2.75, 3.05) is 0 Å². The second kappa shape index (κ2) is 4.07. The Labute approximate surface area is 67.7 Å². The second-order valence-corrected chi connectivity index (χ2v) is 1.71. The van der Waals surface area contributed by atoms with Gasteiger partial charge in [0.2, 0.25) is 0 Å². The van der Waals surface area contributed by atoms with Crippen LogP contribution in [0.3, 0.4) is 0 Å². The maximum atomic E-state index is 3.73. The van der Waals surface area contributed by atoms with E-state index in [9.17, 15) is 0 Å². The maximum Gasteiger partial charge on any atom is 2.00 e. The second-order valence-electron chi connectivity index (χ2n) is 0.958. The molecule has 0 aromatic carbocycles. The summed E-state index contributed by atoms with van der Waals surface area (Å²) in [5.41, 5.74) is 0. The Hall–Kier alpha value is 0.144. The normalized spacial score (nSPS) is 7.62. The molecule has 0 amide bonds. The molecule has 39 valence electrons.